The molecule has 0 spiro atoms. The summed E-state index contributed by atoms with van der Waals surface area (Å²) in [7, 11) is 0. The molecule has 6 nitrogen and oxygen atoms in total. The number of amides is 1. The second-order valence-corrected chi connectivity index (χ2v) is 7.16. The largest absolute Gasteiger partial charge is 0.375 e. The van der Waals surface area contributed by atoms with Gasteiger partial charge in [-0.15, -0.1) is 11.3 Å². The Morgan fingerprint density at radius 3 is 3.09 bits per heavy atom. The van der Waals surface area contributed by atoms with Crippen molar-refractivity contribution >= 4 is 44.1 Å². The lowest BCUT2D eigenvalue weighted by molar-refractivity contribution is 0.0795. The number of anilines is 1. The fourth-order valence-electron chi connectivity index (χ4n) is 2.74. The van der Waals surface area contributed by atoms with Crippen molar-refractivity contribution in [2.24, 2.45) is 0 Å². The minimum Gasteiger partial charge on any atom is -0.375 e. The van der Waals surface area contributed by atoms with E-state index in [0.29, 0.717) is 22.2 Å². The van der Waals surface area contributed by atoms with Crippen LogP contribution in [0, 0.1) is 0 Å². The lowest BCUT2D eigenvalue weighted by Crippen LogP contribution is -2.27. The van der Waals surface area contributed by atoms with Crippen molar-refractivity contribution in [3.8, 4) is 0 Å². The van der Waals surface area contributed by atoms with Crippen LogP contribution in [-0.2, 0) is 0 Å². The third-order valence-corrected chi connectivity index (χ3v) is 5.43. The minimum absolute atomic E-state index is 0.0592. The number of rotatable bonds is 2. The number of likely N-dealkylation sites (tertiary alicyclic amines) is 1. The van der Waals surface area contributed by atoms with Crippen LogP contribution >= 0.6 is 22.7 Å². The monoisotopic (exact) mass is 331 g/mol. The van der Waals surface area contributed by atoms with Gasteiger partial charge in [0.1, 0.15) is 4.88 Å². The van der Waals surface area contributed by atoms with Gasteiger partial charge in [0.25, 0.3) is 5.91 Å². The summed E-state index contributed by atoms with van der Waals surface area (Å²) >= 11 is 2.82. The van der Waals surface area contributed by atoms with Crippen LogP contribution in [0.1, 0.15) is 27.7 Å². The summed E-state index contributed by atoms with van der Waals surface area (Å²) in [4.78, 5) is 27.7. The molecular weight excluding hydrogens is 318 g/mol. The van der Waals surface area contributed by atoms with Gasteiger partial charge < -0.3 is 10.6 Å². The molecule has 3 aromatic rings. The number of nitrogen functional groups attached to an aromatic ring is 1. The second-order valence-electron chi connectivity index (χ2n) is 5.21. The van der Waals surface area contributed by atoms with Crippen molar-refractivity contribution in [3.63, 3.8) is 0 Å². The molecule has 0 bridgehead atoms. The number of fused-ring (bicyclic) bond motifs is 1. The Morgan fingerprint density at radius 1 is 1.36 bits per heavy atom. The summed E-state index contributed by atoms with van der Waals surface area (Å²) in [5.41, 5.74) is 9.09. The molecule has 1 aliphatic rings. The average Bonchev–Trinajstić information content (AvgIpc) is 3.25. The van der Waals surface area contributed by atoms with Gasteiger partial charge in [-0.25, -0.2) is 9.97 Å². The van der Waals surface area contributed by atoms with Gasteiger partial charge in [0.2, 0.25) is 0 Å². The van der Waals surface area contributed by atoms with Gasteiger partial charge in [0.05, 0.1) is 16.4 Å². The smallest absolute Gasteiger partial charge is 0.265 e. The average molecular weight is 331 g/mol. The molecule has 4 rings (SSSR count). The molecule has 4 heterocycles. The van der Waals surface area contributed by atoms with Gasteiger partial charge in [-0.1, -0.05) is 11.3 Å². The Hall–Kier alpha value is -2.06. The molecule has 1 amide bonds. The van der Waals surface area contributed by atoms with Crippen LogP contribution < -0.4 is 5.73 Å². The molecule has 1 aliphatic heterocycles. The van der Waals surface area contributed by atoms with Crippen LogP contribution in [0.5, 0.6) is 0 Å². The fourth-order valence-corrected chi connectivity index (χ4v) is 4.00. The molecule has 1 atom stereocenters. The Bertz CT molecular complexity index is 829. The maximum absolute atomic E-state index is 12.3. The lowest BCUT2D eigenvalue weighted by Gasteiger charge is -2.15. The fraction of sp³-hybridized carbons (Fsp3) is 0.286. The zero-order valence-corrected chi connectivity index (χ0v) is 13.2. The van der Waals surface area contributed by atoms with E-state index in [9.17, 15) is 4.79 Å². The van der Waals surface area contributed by atoms with Crippen molar-refractivity contribution in [2.45, 2.75) is 12.3 Å². The number of aromatic nitrogens is 3. The number of pyridine rings is 1. The highest BCUT2D eigenvalue weighted by molar-refractivity contribution is 7.21. The van der Waals surface area contributed by atoms with Crippen LogP contribution in [0.25, 0.3) is 10.3 Å². The molecule has 8 heteroatoms. The van der Waals surface area contributed by atoms with Gasteiger partial charge in [0, 0.05) is 24.7 Å². The SMILES string of the molecule is Nc1nc2nc(C3CCN(C(=O)c4cncs4)C3)ccc2s1. The maximum Gasteiger partial charge on any atom is 0.265 e. The van der Waals surface area contributed by atoms with Crippen molar-refractivity contribution in [3.05, 3.63) is 34.4 Å². The topological polar surface area (TPSA) is 85.0 Å². The second kappa shape index (κ2) is 5.29. The maximum atomic E-state index is 12.3. The summed E-state index contributed by atoms with van der Waals surface area (Å²) in [5.74, 6) is 0.313. The Morgan fingerprint density at radius 2 is 2.27 bits per heavy atom. The van der Waals surface area contributed by atoms with Crippen molar-refractivity contribution < 1.29 is 4.79 Å². The standard InChI is InChI=1S/C14H13N5OS2/c15-14-18-12-10(22-14)2-1-9(17-12)8-3-4-19(6-8)13(20)11-5-16-7-21-11/h1-2,5,7-8H,3-4,6H2,(H2,15,17,18). The molecule has 0 aromatic carbocycles. The Balaban J connectivity index is 1.55. The Labute approximate surface area is 134 Å². The number of carbonyl (C=O) groups is 1. The summed E-state index contributed by atoms with van der Waals surface area (Å²) in [6.45, 7) is 1.44. The van der Waals surface area contributed by atoms with E-state index in [0.717, 1.165) is 23.4 Å². The zero-order chi connectivity index (χ0) is 15.1. The Kier molecular flexibility index (Phi) is 3.27. The van der Waals surface area contributed by atoms with E-state index in [-0.39, 0.29) is 11.8 Å². The third kappa shape index (κ3) is 2.34. The third-order valence-electron chi connectivity index (χ3n) is 3.83. The number of nitrogens with two attached hydrogens (primary N) is 1. The normalized spacial score (nSPS) is 18.2. The van der Waals surface area contributed by atoms with Crippen LogP contribution in [0.2, 0.25) is 0 Å². The number of thiazole rings is 2. The van der Waals surface area contributed by atoms with E-state index < -0.39 is 0 Å². The lowest BCUT2D eigenvalue weighted by atomic mass is 10.0. The first-order valence-corrected chi connectivity index (χ1v) is 8.61. The molecule has 0 radical (unpaired) electrons. The predicted molar refractivity (Wildman–Crippen MR) is 87.2 cm³/mol. The quantitative estimate of drug-likeness (QED) is 0.779. The summed E-state index contributed by atoms with van der Waals surface area (Å²) in [6.07, 6.45) is 2.55. The highest BCUT2D eigenvalue weighted by Gasteiger charge is 2.29. The predicted octanol–water partition coefficient (Wildman–Crippen LogP) is 2.36. The minimum atomic E-state index is 0.0592. The molecule has 0 saturated carbocycles. The van der Waals surface area contributed by atoms with E-state index in [1.165, 1.54) is 22.7 Å². The van der Waals surface area contributed by atoms with Crippen molar-refractivity contribution in [1.82, 2.24) is 19.9 Å². The van der Waals surface area contributed by atoms with Crippen LogP contribution in [0.15, 0.2) is 23.8 Å². The van der Waals surface area contributed by atoms with E-state index in [1.54, 1.807) is 11.7 Å². The zero-order valence-electron chi connectivity index (χ0n) is 11.6. The van der Waals surface area contributed by atoms with Gasteiger partial charge >= 0.3 is 0 Å². The van der Waals surface area contributed by atoms with E-state index in [2.05, 4.69) is 15.0 Å². The summed E-state index contributed by atoms with van der Waals surface area (Å²) < 4.78 is 0.997. The first kappa shape index (κ1) is 13.6. The van der Waals surface area contributed by atoms with Gasteiger partial charge in [-0.3, -0.25) is 9.78 Å². The van der Waals surface area contributed by atoms with E-state index in [1.807, 2.05) is 17.0 Å². The molecule has 1 saturated heterocycles. The first-order valence-electron chi connectivity index (χ1n) is 6.91. The van der Waals surface area contributed by atoms with E-state index >= 15 is 0 Å². The molecule has 2 N–H and O–H groups in total. The van der Waals surface area contributed by atoms with Crippen LogP contribution in [-0.4, -0.2) is 38.8 Å². The van der Waals surface area contributed by atoms with E-state index in [4.69, 9.17) is 5.73 Å². The number of nitrogens with zero attached hydrogens (tertiary/aromatic N) is 4. The number of hydrogen-bond acceptors (Lipinski definition) is 7. The molecule has 0 aliphatic carbocycles. The summed E-state index contributed by atoms with van der Waals surface area (Å²) in [5, 5.41) is 0.535. The number of carbonyl (C=O) groups excluding carboxylic acids is 1. The molecule has 112 valence electrons. The van der Waals surface area contributed by atoms with Crippen LogP contribution in [0.3, 0.4) is 0 Å². The van der Waals surface area contributed by atoms with Crippen LogP contribution in [0.4, 0.5) is 5.13 Å². The highest BCUT2D eigenvalue weighted by Crippen LogP contribution is 2.30. The summed E-state index contributed by atoms with van der Waals surface area (Å²) in [6, 6.07) is 4.03. The first-order chi connectivity index (χ1) is 10.7. The molecular formula is C14H13N5OS2. The van der Waals surface area contributed by atoms with Gasteiger partial charge in [-0.05, 0) is 18.6 Å². The van der Waals surface area contributed by atoms with Crippen molar-refractivity contribution in [2.75, 3.05) is 18.8 Å². The molecule has 1 unspecified atom stereocenters. The van der Waals surface area contributed by atoms with Gasteiger partial charge in [0.15, 0.2) is 10.8 Å². The van der Waals surface area contributed by atoms with Crippen molar-refractivity contribution in [1.29, 1.82) is 0 Å². The molecule has 1 fully saturated rings. The number of hydrogen-bond donors (Lipinski definition) is 1. The molecule has 22 heavy (non-hydrogen) atoms. The van der Waals surface area contributed by atoms with Gasteiger partial charge in [-0.2, -0.15) is 0 Å². The molecule has 3 aromatic heterocycles. The highest BCUT2D eigenvalue weighted by atomic mass is 32.1.